The van der Waals surface area contributed by atoms with Crippen LogP contribution in [-0.2, 0) is 25.6 Å². The van der Waals surface area contributed by atoms with Gasteiger partial charge in [0, 0.05) is 13.7 Å². The molecular formula is C26H30N4O6. The van der Waals surface area contributed by atoms with Crippen LogP contribution in [0.4, 0.5) is 11.5 Å². The van der Waals surface area contributed by atoms with Gasteiger partial charge in [-0.05, 0) is 17.5 Å². The van der Waals surface area contributed by atoms with Crippen LogP contribution in [0.5, 0.6) is 0 Å². The maximum atomic E-state index is 13.2. The molecule has 10 nitrogen and oxygen atoms in total. The van der Waals surface area contributed by atoms with Gasteiger partial charge in [-0.2, -0.15) is 0 Å². The Labute approximate surface area is 208 Å². The molecule has 0 aliphatic carbocycles. The Morgan fingerprint density at radius 3 is 2.31 bits per heavy atom. The maximum absolute atomic E-state index is 13.2. The number of ether oxygens (including phenoxy) is 2. The van der Waals surface area contributed by atoms with Crippen molar-refractivity contribution in [1.82, 2.24) is 9.55 Å². The lowest BCUT2D eigenvalue weighted by Gasteiger charge is -2.24. The van der Waals surface area contributed by atoms with Gasteiger partial charge < -0.3 is 15.2 Å². The summed E-state index contributed by atoms with van der Waals surface area (Å²) < 4.78 is 11.6. The summed E-state index contributed by atoms with van der Waals surface area (Å²) in [5.74, 6) is -1.95. The molecule has 2 aromatic carbocycles. The minimum absolute atomic E-state index is 0.0421. The van der Waals surface area contributed by atoms with Gasteiger partial charge in [0.2, 0.25) is 0 Å². The van der Waals surface area contributed by atoms with Crippen LogP contribution in [0.15, 0.2) is 70.3 Å². The van der Waals surface area contributed by atoms with Crippen LogP contribution >= 0.6 is 0 Å². The number of carbonyl (C=O) groups excluding carboxylic acids is 2. The Kier molecular flexibility index (Phi) is 9.18. The van der Waals surface area contributed by atoms with Crippen LogP contribution in [0.3, 0.4) is 0 Å². The average molecular weight is 495 g/mol. The number of aromatic nitrogens is 2. The standard InChI is InChI=1S/C26H30N4O6/c1-3-20(19-12-8-5-9-13-19)25(33)36-17-21(31)29(14-15-35-2)22-23(27)30(26(34)28-24(22)32)16-18-10-6-4-7-11-18/h4-13,20H,3,14-17,27H2,1-2H3,(H,28,32,34)/t20-/m0/s1. The minimum atomic E-state index is -0.826. The number of amides is 1. The number of nitrogen functional groups attached to an aromatic ring is 1. The number of anilines is 2. The predicted octanol–water partition coefficient (Wildman–Crippen LogP) is 1.88. The topological polar surface area (TPSA) is 137 Å². The van der Waals surface area contributed by atoms with Crippen LogP contribution in [-0.4, -0.2) is 48.3 Å². The van der Waals surface area contributed by atoms with Crippen molar-refractivity contribution < 1.29 is 19.1 Å². The molecule has 1 atom stereocenters. The van der Waals surface area contributed by atoms with Gasteiger partial charge in [0.25, 0.3) is 11.5 Å². The molecule has 0 radical (unpaired) electrons. The van der Waals surface area contributed by atoms with Gasteiger partial charge in [0.15, 0.2) is 12.3 Å². The van der Waals surface area contributed by atoms with Crippen molar-refractivity contribution in [3.63, 3.8) is 0 Å². The molecule has 3 aromatic rings. The van der Waals surface area contributed by atoms with Crippen LogP contribution in [0.25, 0.3) is 0 Å². The molecule has 0 unspecified atom stereocenters. The van der Waals surface area contributed by atoms with E-state index in [0.29, 0.717) is 6.42 Å². The van der Waals surface area contributed by atoms with Crippen molar-refractivity contribution in [2.75, 3.05) is 37.5 Å². The van der Waals surface area contributed by atoms with Gasteiger partial charge in [-0.25, -0.2) is 4.79 Å². The number of H-pyrrole nitrogens is 1. The van der Waals surface area contributed by atoms with Crippen LogP contribution in [0, 0.1) is 0 Å². The summed E-state index contributed by atoms with van der Waals surface area (Å²) in [6, 6.07) is 18.2. The normalized spacial score (nSPS) is 11.6. The molecule has 1 amide bonds. The van der Waals surface area contributed by atoms with Crippen molar-refractivity contribution in [2.24, 2.45) is 0 Å². The smallest absolute Gasteiger partial charge is 0.330 e. The molecule has 0 fully saturated rings. The van der Waals surface area contributed by atoms with Crippen molar-refractivity contribution in [3.8, 4) is 0 Å². The number of nitrogens with one attached hydrogen (secondary N) is 1. The molecule has 0 spiro atoms. The van der Waals surface area contributed by atoms with E-state index in [0.717, 1.165) is 16.0 Å². The highest BCUT2D eigenvalue weighted by atomic mass is 16.5. The fourth-order valence-corrected chi connectivity index (χ4v) is 3.84. The summed E-state index contributed by atoms with van der Waals surface area (Å²) in [5.41, 5.74) is 6.06. The van der Waals surface area contributed by atoms with E-state index in [4.69, 9.17) is 15.2 Å². The number of hydrogen-bond acceptors (Lipinski definition) is 7. The Bertz CT molecular complexity index is 1290. The summed E-state index contributed by atoms with van der Waals surface area (Å²) >= 11 is 0. The number of esters is 1. The zero-order valence-corrected chi connectivity index (χ0v) is 20.3. The Balaban J connectivity index is 1.87. The Morgan fingerprint density at radius 2 is 1.69 bits per heavy atom. The zero-order valence-electron chi connectivity index (χ0n) is 20.3. The summed E-state index contributed by atoms with van der Waals surface area (Å²) in [7, 11) is 1.44. The highest BCUT2D eigenvalue weighted by molar-refractivity contribution is 5.97. The SMILES string of the molecule is CC[C@H](C(=O)OCC(=O)N(CCOC)c1c(N)n(Cc2ccccc2)c(=O)[nH]c1=O)c1ccccc1. The Hall–Kier alpha value is -4.18. The molecule has 0 bridgehead atoms. The first-order chi connectivity index (χ1) is 17.4. The number of nitrogens with zero attached hydrogens (tertiary/aromatic N) is 2. The van der Waals surface area contributed by atoms with E-state index in [-0.39, 0.29) is 31.2 Å². The van der Waals surface area contributed by atoms with Crippen LogP contribution in [0.1, 0.15) is 30.4 Å². The quantitative estimate of drug-likeness (QED) is 0.388. The van der Waals surface area contributed by atoms with E-state index in [1.807, 2.05) is 55.5 Å². The zero-order chi connectivity index (χ0) is 26.1. The number of methoxy groups -OCH3 is 1. The second-order valence-corrected chi connectivity index (χ2v) is 8.08. The number of hydrogen-bond donors (Lipinski definition) is 2. The Morgan fingerprint density at radius 1 is 1.06 bits per heavy atom. The summed E-state index contributed by atoms with van der Waals surface area (Å²) in [6.07, 6.45) is 0.488. The molecule has 190 valence electrons. The summed E-state index contributed by atoms with van der Waals surface area (Å²) in [4.78, 5) is 54.5. The summed E-state index contributed by atoms with van der Waals surface area (Å²) in [6.45, 7) is 1.37. The van der Waals surface area contributed by atoms with Gasteiger partial charge in [-0.1, -0.05) is 67.6 Å². The predicted molar refractivity (Wildman–Crippen MR) is 136 cm³/mol. The lowest BCUT2D eigenvalue weighted by Crippen LogP contribution is -2.44. The molecule has 10 heteroatoms. The van der Waals surface area contributed by atoms with E-state index in [9.17, 15) is 19.2 Å². The second kappa shape index (κ2) is 12.5. The second-order valence-electron chi connectivity index (χ2n) is 8.08. The number of carbonyl (C=O) groups is 2. The summed E-state index contributed by atoms with van der Waals surface area (Å²) in [5, 5.41) is 0. The molecule has 0 aliphatic heterocycles. The van der Waals surface area contributed by atoms with Crippen LogP contribution < -0.4 is 21.9 Å². The molecule has 1 aromatic heterocycles. The third-order valence-electron chi connectivity index (χ3n) is 5.72. The maximum Gasteiger partial charge on any atom is 0.330 e. The van der Waals surface area contributed by atoms with Gasteiger partial charge in [0.05, 0.1) is 19.1 Å². The fourth-order valence-electron chi connectivity index (χ4n) is 3.84. The van der Waals surface area contributed by atoms with Crippen molar-refractivity contribution in [1.29, 1.82) is 0 Å². The van der Waals surface area contributed by atoms with E-state index < -0.39 is 35.7 Å². The molecule has 0 saturated carbocycles. The monoisotopic (exact) mass is 494 g/mol. The molecule has 3 N–H and O–H groups in total. The lowest BCUT2D eigenvalue weighted by atomic mass is 9.97. The first-order valence-electron chi connectivity index (χ1n) is 11.5. The molecule has 36 heavy (non-hydrogen) atoms. The number of rotatable bonds is 11. The minimum Gasteiger partial charge on any atom is -0.455 e. The van der Waals surface area contributed by atoms with E-state index in [1.165, 1.54) is 11.7 Å². The highest BCUT2D eigenvalue weighted by Crippen LogP contribution is 2.22. The third-order valence-corrected chi connectivity index (χ3v) is 5.72. The fraction of sp³-hybridized carbons (Fsp3) is 0.308. The number of nitrogens with two attached hydrogens (primary N) is 1. The lowest BCUT2D eigenvalue weighted by molar-refractivity contribution is -0.149. The molecule has 3 rings (SSSR count). The number of benzene rings is 2. The number of aromatic amines is 1. The van der Waals surface area contributed by atoms with Gasteiger partial charge in [0.1, 0.15) is 5.82 Å². The molecule has 0 saturated heterocycles. The molecule has 0 aliphatic rings. The molecular weight excluding hydrogens is 464 g/mol. The van der Waals surface area contributed by atoms with Gasteiger partial charge in [-0.15, -0.1) is 0 Å². The van der Waals surface area contributed by atoms with Crippen molar-refractivity contribution in [3.05, 3.63) is 92.6 Å². The molecule has 1 heterocycles. The van der Waals surface area contributed by atoms with E-state index >= 15 is 0 Å². The van der Waals surface area contributed by atoms with Crippen molar-refractivity contribution >= 4 is 23.4 Å². The van der Waals surface area contributed by atoms with E-state index in [2.05, 4.69) is 4.98 Å². The van der Waals surface area contributed by atoms with E-state index in [1.54, 1.807) is 12.1 Å². The van der Waals surface area contributed by atoms with Gasteiger partial charge >= 0.3 is 11.7 Å². The third kappa shape index (κ3) is 6.28. The highest BCUT2D eigenvalue weighted by Gasteiger charge is 2.27. The average Bonchev–Trinajstić information content (AvgIpc) is 2.88. The van der Waals surface area contributed by atoms with Crippen molar-refractivity contribution in [2.45, 2.75) is 25.8 Å². The largest absolute Gasteiger partial charge is 0.455 e. The first-order valence-corrected chi connectivity index (χ1v) is 11.5. The first kappa shape index (κ1) is 26.4. The van der Waals surface area contributed by atoms with Gasteiger partial charge in [-0.3, -0.25) is 28.8 Å². The van der Waals surface area contributed by atoms with Crippen LogP contribution in [0.2, 0.25) is 0 Å².